The van der Waals surface area contributed by atoms with Gasteiger partial charge in [-0.05, 0) is 70.6 Å². The molecule has 6 nitrogen and oxygen atoms in total. The summed E-state index contributed by atoms with van der Waals surface area (Å²) in [5, 5.41) is 0. The lowest BCUT2D eigenvalue weighted by Crippen LogP contribution is -2.30. The van der Waals surface area contributed by atoms with Gasteiger partial charge in [-0.1, -0.05) is 269 Å². The highest BCUT2D eigenvalue weighted by Crippen LogP contribution is 2.17. The number of carbonyl (C=O) groups is 3. The molecule has 1 unspecified atom stereocenters. The molecular weight excluding hydrogens is 841 g/mol. The van der Waals surface area contributed by atoms with Crippen LogP contribution in [0.1, 0.15) is 323 Å². The molecule has 0 spiro atoms. The highest BCUT2D eigenvalue weighted by atomic mass is 16.6. The maximum atomic E-state index is 12.8. The topological polar surface area (TPSA) is 78.9 Å². The van der Waals surface area contributed by atoms with Gasteiger partial charge in [-0.25, -0.2) is 0 Å². The second kappa shape index (κ2) is 57.2. The Hall–Kier alpha value is -2.37. The van der Waals surface area contributed by atoms with Gasteiger partial charge in [-0.15, -0.1) is 0 Å². The van der Waals surface area contributed by atoms with Crippen molar-refractivity contribution in [1.82, 2.24) is 0 Å². The van der Waals surface area contributed by atoms with Crippen molar-refractivity contribution < 1.29 is 28.6 Å². The first-order valence-electron chi connectivity index (χ1n) is 30.0. The summed E-state index contributed by atoms with van der Waals surface area (Å²) >= 11 is 0. The lowest BCUT2D eigenvalue weighted by atomic mass is 10.0. The van der Waals surface area contributed by atoms with Crippen LogP contribution in [0.4, 0.5) is 0 Å². The number of ether oxygens (including phenoxy) is 3. The smallest absolute Gasteiger partial charge is 0.306 e. The van der Waals surface area contributed by atoms with Crippen molar-refractivity contribution in [2.45, 2.75) is 329 Å². The molecular formula is C62H114O6. The number of hydrogen-bond acceptors (Lipinski definition) is 6. The van der Waals surface area contributed by atoms with Gasteiger partial charge in [-0.3, -0.25) is 14.4 Å². The number of hydrogen-bond donors (Lipinski definition) is 0. The molecule has 0 fully saturated rings. The highest BCUT2D eigenvalue weighted by Gasteiger charge is 2.19. The molecule has 6 heteroatoms. The predicted molar refractivity (Wildman–Crippen MR) is 293 cm³/mol. The van der Waals surface area contributed by atoms with Gasteiger partial charge >= 0.3 is 17.9 Å². The summed E-state index contributed by atoms with van der Waals surface area (Å²) in [5.41, 5.74) is 0. The van der Waals surface area contributed by atoms with Crippen LogP contribution in [0.15, 0.2) is 36.5 Å². The normalized spacial score (nSPS) is 12.2. The molecule has 0 aliphatic heterocycles. The maximum absolute atomic E-state index is 12.8. The molecule has 0 radical (unpaired) electrons. The number of allylic oxidation sites excluding steroid dienone is 6. The third kappa shape index (κ3) is 54.6. The zero-order valence-corrected chi connectivity index (χ0v) is 45.6. The molecule has 0 heterocycles. The van der Waals surface area contributed by atoms with Crippen LogP contribution < -0.4 is 0 Å². The molecule has 0 amide bonds. The summed E-state index contributed by atoms with van der Waals surface area (Å²) in [6.45, 7) is 6.59. The monoisotopic (exact) mass is 955 g/mol. The van der Waals surface area contributed by atoms with Crippen molar-refractivity contribution in [1.29, 1.82) is 0 Å². The Bertz CT molecular complexity index is 1140. The van der Waals surface area contributed by atoms with Crippen LogP contribution in [0, 0.1) is 0 Å². The summed E-state index contributed by atoms with van der Waals surface area (Å²) in [6, 6.07) is 0. The van der Waals surface area contributed by atoms with Gasteiger partial charge in [0.15, 0.2) is 6.10 Å². The molecule has 0 saturated heterocycles. The number of rotatable bonds is 55. The van der Waals surface area contributed by atoms with E-state index in [1.807, 2.05) is 0 Å². The Labute approximate surface area is 423 Å². The third-order valence-corrected chi connectivity index (χ3v) is 13.3. The lowest BCUT2D eigenvalue weighted by molar-refractivity contribution is -0.167. The molecule has 0 aromatic rings. The molecule has 0 N–H and O–H groups in total. The molecule has 0 aromatic heterocycles. The first-order chi connectivity index (χ1) is 33.5. The zero-order valence-electron chi connectivity index (χ0n) is 45.6. The van der Waals surface area contributed by atoms with Crippen LogP contribution in [0.3, 0.4) is 0 Å². The Morgan fingerprint density at radius 2 is 0.559 bits per heavy atom. The van der Waals surface area contributed by atoms with Gasteiger partial charge in [-0.2, -0.15) is 0 Å². The second-order valence-corrected chi connectivity index (χ2v) is 20.3. The van der Waals surface area contributed by atoms with Gasteiger partial charge in [0.2, 0.25) is 0 Å². The molecule has 0 bridgehead atoms. The Morgan fingerprint density at radius 1 is 0.294 bits per heavy atom. The second-order valence-electron chi connectivity index (χ2n) is 20.3. The van der Waals surface area contributed by atoms with Crippen molar-refractivity contribution in [2.75, 3.05) is 13.2 Å². The Balaban J connectivity index is 4.05. The lowest BCUT2D eigenvalue weighted by Gasteiger charge is -2.18. The average Bonchev–Trinajstić information content (AvgIpc) is 3.34. The van der Waals surface area contributed by atoms with Gasteiger partial charge in [0.05, 0.1) is 0 Å². The van der Waals surface area contributed by atoms with E-state index in [9.17, 15) is 14.4 Å². The first kappa shape index (κ1) is 65.6. The molecule has 0 aromatic carbocycles. The van der Waals surface area contributed by atoms with Crippen molar-refractivity contribution in [3.05, 3.63) is 36.5 Å². The van der Waals surface area contributed by atoms with E-state index in [1.165, 1.54) is 205 Å². The summed E-state index contributed by atoms with van der Waals surface area (Å²) in [5.74, 6) is -0.867. The van der Waals surface area contributed by atoms with Crippen LogP contribution >= 0.6 is 0 Å². The predicted octanol–water partition coefficient (Wildman–Crippen LogP) is 20.0. The largest absolute Gasteiger partial charge is 0.462 e. The van der Waals surface area contributed by atoms with Crippen LogP contribution in [-0.2, 0) is 28.6 Å². The first-order valence-corrected chi connectivity index (χ1v) is 30.0. The minimum atomic E-state index is -0.769. The number of carbonyl (C=O) groups excluding carboxylic acids is 3. The quantitative estimate of drug-likeness (QED) is 0.0262. The Kier molecular flexibility index (Phi) is 55.2. The van der Waals surface area contributed by atoms with Crippen molar-refractivity contribution in [3.63, 3.8) is 0 Å². The number of unbranched alkanes of at least 4 members (excludes halogenated alkanes) is 38. The fraction of sp³-hybridized carbons (Fsp3) is 0.855. The SMILES string of the molecule is CCC/C=C\CCCCCCCC(=O)OCC(COC(=O)CCCCCCCCCCCCCCCCCCC/C=C\C/C=C\CCCCCCC)OC(=O)CCCCCCCCCCCCC. The molecule has 0 aliphatic rings. The van der Waals surface area contributed by atoms with Crippen LogP contribution in [0.25, 0.3) is 0 Å². The molecule has 68 heavy (non-hydrogen) atoms. The van der Waals surface area contributed by atoms with Gasteiger partial charge in [0, 0.05) is 19.3 Å². The van der Waals surface area contributed by atoms with E-state index in [0.29, 0.717) is 19.3 Å². The average molecular weight is 956 g/mol. The van der Waals surface area contributed by atoms with Gasteiger partial charge < -0.3 is 14.2 Å². The van der Waals surface area contributed by atoms with E-state index < -0.39 is 6.10 Å². The van der Waals surface area contributed by atoms with E-state index in [4.69, 9.17) is 14.2 Å². The van der Waals surface area contributed by atoms with E-state index in [2.05, 4.69) is 57.2 Å². The summed E-state index contributed by atoms with van der Waals surface area (Å²) in [7, 11) is 0. The summed E-state index contributed by atoms with van der Waals surface area (Å²) < 4.78 is 16.8. The molecule has 398 valence electrons. The standard InChI is InChI=1S/C62H114O6/c1-4-7-10-13-16-19-22-23-24-25-26-27-28-29-30-31-32-33-34-35-36-37-38-39-41-43-46-49-52-55-61(64)67-58-59(57-66-60(63)54-51-48-45-42-21-18-15-12-9-6-3)68-62(65)56-53-50-47-44-40-20-17-14-11-8-5-2/h12,15,22-23,25-26,59H,4-11,13-14,16-21,24,27-58H2,1-3H3/b15-12-,23-22-,26-25-. The molecule has 0 rings (SSSR count). The molecule has 1 atom stereocenters. The van der Waals surface area contributed by atoms with Crippen LogP contribution in [0.5, 0.6) is 0 Å². The van der Waals surface area contributed by atoms with Crippen LogP contribution in [0.2, 0.25) is 0 Å². The van der Waals surface area contributed by atoms with Crippen molar-refractivity contribution >= 4 is 17.9 Å². The third-order valence-electron chi connectivity index (χ3n) is 13.3. The molecule has 0 aliphatic carbocycles. The molecule has 0 saturated carbocycles. The van der Waals surface area contributed by atoms with E-state index >= 15 is 0 Å². The fourth-order valence-corrected chi connectivity index (χ4v) is 8.83. The maximum Gasteiger partial charge on any atom is 0.306 e. The highest BCUT2D eigenvalue weighted by molar-refractivity contribution is 5.71. The van der Waals surface area contributed by atoms with Gasteiger partial charge in [0.25, 0.3) is 0 Å². The van der Waals surface area contributed by atoms with E-state index in [0.717, 1.165) is 77.0 Å². The minimum Gasteiger partial charge on any atom is -0.462 e. The minimum absolute atomic E-state index is 0.0703. The van der Waals surface area contributed by atoms with E-state index in [1.54, 1.807) is 0 Å². The van der Waals surface area contributed by atoms with Crippen LogP contribution in [-0.4, -0.2) is 37.2 Å². The summed E-state index contributed by atoms with van der Waals surface area (Å²) in [6.07, 6.45) is 68.8. The van der Waals surface area contributed by atoms with Crippen molar-refractivity contribution in [3.8, 4) is 0 Å². The van der Waals surface area contributed by atoms with Gasteiger partial charge in [0.1, 0.15) is 13.2 Å². The zero-order chi connectivity index (χ0) is 49.3. The van der Waals surface area contributed by atoms with Crippen molar-refractivity contribution in [2.24, 2.45) is 0 Å². The fourth-order valence-electron chi connectivity index (χ4n) is 8.83. The Morgan fingerprint density at radius 3 is 0.882 bits per heavy atom. The van der Waals surface area contributed by atoms with E-state index in [-0.39, 0.29) is 31.1 Å². The number of esters is 3. The summed E-state index contributed by atoms with van der Waals surface area (Å²) in [4.78, 5) is 38.0.